The van der Waals surface area contributed by atoms with Crippen molar-refractivity contribution in [2.75, 3.05) is 6.61 Å². The monoisotopic (exact) mass is 622 g/mol. The number of Topliss-reactive ketones (excluding diaryl/α,β-unsaturated/α-hetero) is 1. The van der Waals surface area contributed by atoms with Crippen LogP contribution in [0.25, 0.3) is 15.2 Å². The Bertz CT molecular complexity index is 1850. The molecule has 1 saturated carbocycles. The molecule has 11 nitrogen and oxygen atoms in total. The van der Waals surface area contributed by atoms with Gasteiger partial charge in [0.2, 0.25) is 0 Å². The van der Waals surface area contributed by atoms with Crippen LogP contribution >= 0.6 is 11.3 Å². The number of rotatable bonds is 12. The second-order valence-electron chi connectivity index (χ2n) is 11.9. The summed E-state index contributed by atoms with van der Waals surface area (Å²) in [6, 6.07) is 5.80. The summed E-state index contributed by atoms with van der Waals surface area (Å²) >= 11 is 1.16. The number of halogens is 1. The van der Waals surface area contributed by atoms with Gasteiger partial charge >= 0.3 is 5.69 Å². The fraction of sp³-hybridized carbons (Fsp3) is 0.484. The molecule has 232 valence electrons. The number of hydrogen-bond donors (Lipinski definition) is 0. The summed E-state index contributed by atoms with van der Waals surface area (Å²) in [4.78, 5) is 44.0. The van der Waals surface area contributed by atoms with Gasteiger partial charge in [0.05, 0.1) is 30.4 Å². The number of ether oxygens (including phenoxy) is 2. The molecule has 5 rings (SSSR count). The summed E-state index contributed by atoms with van der Waals surface area (Å²) in [5.41, 5.74) is -1.85. The van der Waals surface area contributed by atoms with E-state index in [9.17, 15) is 18.8 Å². The Hall–Kier alpha value is -4.15. The molecule has 0 spiro atoms. The predicted octanol–water partition coefficient (Wildman–Crippen LogP) is 4.82. The molecule has 1 fully saturated rings. The number of benzene rings is 1. The zero-order valence-corrected chi connectivity index (χ0v) is 26.2. The van der Waals surface area contributed by atoms with Gasteiger partial charge in [0.25, 0.3) is 5.56 Å². The molecule has 1 atom stereocenters. The summed E-state index contributed by atoms with van der Waals surface area (Å²) in [7, 11) is 0. The van der Waals surface area contributed by atoms with E-state index in [2.05, 4.69) is 10.2 Å². The van der Waals surface area contributed by atoms with Gasteiger partial charge in [-0.2, -0.15) is 15.5 Å². The molecular weight excluding hydrogens is 587 g/mol. The predicted molar refractivity (Wildman–Crippen MR) is 163 cm³/mol. The van der Waals surface area contributed by atoms with Crippen LogP contribution in [-0.4, -0.2) is 42.6 Å². The normalized spacial score (nSPS) is 14.5. The maximum absolute atomic E-state index is 14.6. The topological polar surface area (TPSA) is 134 Å². The lowest BCUT2D eigenvalue weighted by Crippen LogP contribution is -2.53. The fourth-order valence-corrected chi connectivity index (χ4v) is 6.77. The summed E-state index contributed by atoms with van der Waals surface area (Å²) in [5, 5.41) is 18.4. The second kappa shape index (κ2) is 12.5. The van der Waals surface area contributed by atoms with Crippen molar-refractivity contribution < 1.29 is 18.7 Å². The van der Waals surface area contributed by atoms with E-state index in [1.165, 1.54) is 40.0 Å². The average molecular weight is 623 g/mol. The number of fused-ring (bicyclic) bond motifs is 1. The van der Waals surface area contributed by atoms with Crippen molar-refractivity contribution in [2.45, 2.75) is 84.6 Å². The van der Waals surface area contributed by atoms with E-state index < -0.39 is 28.7 Å². The Labute approximate surface area is 257 Å². The zero-order chi connectivity index (χ0) is 31.8. The van der Waals surface area contributed by atoms with Gasteiger partial charge in [0.15, 0.2) is 12.4 Å². The highest BCUT2D eigenvalue weighted by molar-refractivity contribution is 7.21. The van der Waals surface area contributed by atoms with Crippen molar-refractivity contribution in [1.29, 1.82) is 5.26 Å². The van der Waals surface area contributed by atoms with Crippen LogP contribution in [0.4, 0.5) is 4.39 Å². The van der Waals surface area contributed by atoms with Crippen molar-refractivity contribution in [3.63, 3.8) is 0 Å². The van der Waals surface area contributed by atoms with Crippen LogP contribution in [0.2, 0.25) is 0 Å². The van der Waals surface area contributed by atoms with Crippen LogP contribution in [0.1, 0.15) is 70.6 Å². The Morgan fingerprint density at radius 2 is 1.93 bits per heavy atom. The molecular formula is C31H35FN6O5S. The maximum Gasteiger partial charge on any atom is 0.333 e. The lowest BCUT2D eigenvalue weighted by atomic mass is 9.79. The third-order valence-electron chi connectivity index (χ3n) is 8.12. The van der Waals surface area contributed by atoms with E-state index in [-0.39, 0.29) is 48.5 Å². The van der Waals surface area contributed by atoms with Crippen LogP contribution in [0.3, 0.4) is 0 Å². The number of hydrogen-bond acceptors (Lipinski definition) is 9. The quantitative estimate of drug-likeness (QED) is 0.220. The number of nitriles is 1. The van der Waals surface area contributed by atoms with Gasteiger partial charge in [-0.05, 0) is 58.7 Å². The number of aryl methyl sites for hydroxylation is 1. The Balaban J connectivity index is 1.75. The maximum atomic E-state index is 14.6. The molecule has 4 aromatic rings. The third-order valence-corrected chi connectivity index (χ3v) is 9.40. The first-order chi connectivity index (χ1) is 20.9. The number of nitrogens with zero attached hydrogens (tertiary/aromatic N) is 6. The van der Waals surface area contributed by atoms with E-state index in [1.54, 1.807) is 34.6 Å². The molecule has 3 heterocycles. The standard InChI is InChI=1S/C31H35FN6O5S/c1-18(2)43-24(22-16-21(32)9-10-23(22)42-14-11-33)17-36-29-26(19(3)28(44-29)38-34-12-13-35-38)27(40)37(30(36)41)31(4,5)25(39)15-20-7-6-8-20/h9-10,12-13,16,18,20,24H,6-8,14-15,17H2,1-5H3/t24-/m0/s1. The molecule has 0 aliphatic heterocycles. The highest BCUT2D eigenvalue weighted by Crippen LogP contribution is 2.36. The van der Waals surface area contributed by atoms with Gasteiger partial charge in [-0.15, -0.1) is 4.80 Å². The molecule has 1 aliphatic carbocycles. The first-order valence-electron chi connectivity index (χ1n) is 14.6. The number of ketones is 1. The summed E-state index contributed by atoms with van der Waals surface area (Å²) in [6.07, 6.45) is 4.99. The summed E-state index contributed by atoms with van der Waals surface area (Å²) < 4.78 is 28.9. The van der Waals surface area contributed by atoms with Crippen molar-refractivity contribution in [3.05, 3.63) is 68.4 Å². The molecule has 0 N–H and O–H groups in total. The van der Waals surface area contributed by atoms with E-state index in [0.29, 0.717) is 21.0 Å². The molecule has 1 aromatic carbocycles. The Morgan fingerprint density at radius 3 is 2.55 bits per heavy atom. The minimum Gasteiger partial charge on any atom is -0.478 e. The first-order valence-corrected chi connectivity index (χ1v) is 15.4. The first kappa shape index (κ1) is 31.3. The van der Waals surface area contributed by atoms with Crippen LogP contribution in [0, 0.1) is 30.0 Å². The van der Waals surface area contributed by atoms with Gasteiger partial charge in [-0.1, -0.05) is 30.6 Å². The zero-order valence-electron chi connectivity index (χ0n) is 25.4. The van der Waals surface area contributed by atoms with Gasteiger partial charge < -0.3 is 9.47 Å². The van der Waals surface area contributed by atoms with Crippen LogP contribution in [-0.2, 0) is 21.6 Å². The highest BCUT2D eigenvalue weighted by atomic mass is 32.1. The fourth-order valence-electron chi connectivity index (χ4n) is 5.56. The van der Waals surface area contributed by atoms with E-state index >= 15 is 0 Å². The summed E-state index contributed by atoms with van der Waals surface area (Å²) in [5.74, 6) is -0.268. The second-order valence-corrected chi connectivity index (χ2v) is 12.8. The lowest BCUT2D eigenvalue weighted by molar-refractivity contribution is -0.128. The number of carbonyl (C=O) groups is 1. The van der Waals surface area contributed by atoms with E-state index in [1.807, 2.05) is 6.07 Å². The molecule has 0 radical (unpaired) electrons. The van der Waals surface area contributed by atoms with Crippen LogP contribution in [0.15, 0.2) is 40.2 Å². The molecule has 44 heavy (non-hydrogen) atoms. The molecule has 3 aromatic heterocycles. The minimum absolute atomic E-state index is 0.140. The molecule has 0 saturated heterocycles. The van der Waals surface area contributed by atoms with Crippen molar-refractivity contribution in [1.82, 2.24) is 24.1 Å². The van der Waals surface area contributed by atoms with Crippen molar-refractivity contribution in [2.24, 2.45) is 5.92 Å². The van der Waals surface area contributed by atoms with Crippen LogP contribution in [0.5, 0.6) is 5.75 Å². The Morgan fingerprint density at radius 1 is 1.23 bits per heavy atom. The Kier molecular flexibility index (Phi) is 8.85. The number of thiophene rings is 1. The van der Waals surface area contributed by atoms with Gasteiger partial charge in [-0.25, -0.2) is 13.8 Å². The van der Waals surface area contributed by atoms with Crippen LogP contribution < -0.4 is 16.0 Å². The van der Waals surface area contributed by atoms with Gasteiger partial charge in [0.1, 0.15) is 39.1 Å². The molecule has 0 amide bonds. The SMILES string of the molecule is Cc1c(-n2nccn2)sc2c1c(=O)n(C(C)(C)C(=O)CC1CCC1)c(=O)n2C[C@H](OC(C)C)c1cc(F)ccc1OCC#N. The minimum atomic E-state index is -1.44. The lowest BCUT2D eigenvalue weighted by Gasteiger charge is -2.31. The largest absolute Gasteiger partial charge is 0.478 e. The van der Waals surface area contributed by atoms with Crippen molar-refractivity contribution >= 4 is 27.3 Å². The average Bonchev–Trinajstić information content (AvgIpc) is 3.59. The van der Waals surface area contributed by atoms with E-state index in [4.69, 9.17) is 14.7 Å². The molecule has 0 unspecified atom stereocenters. The molecule has 1 aliphatic rings. The molecule has 13 heteroatoms. The third kappa shape index (κ3) is 5.84. The molecule has 0 bridgehead atoms. The van der Waals surface area contributed by atoms with Gasteiger partial charge in [0, 0.05) is 17.5 Å². The van der Waals surface area contributed by atoms with Crippen molar-refractivity contribution in [3.8, 4) is 16.8 Å². The smallest absolute Gasteiger partial charge is 0.333 e. The van der Waals surface area contributed by atoms with Gasteiger partial charge in [-0.3, -0.25) is 14.2 Å². The summed E-state index contributed by atoms with van der Waals surface area (Å²) in [6.45, 7) is 8.16. The van der Waals surface area contributed by atoms with E-state index in [0.717, 1.165) is 35.2 Å². The number of aromatic nitrogens is 5. The highest BCUT2D eigenvalue weighted by Gasteiger charge is 2.37. The number of carbonyl (C=O) groups excluding carboxylic acids is 1.